The molecule has 4 heteroatoms. The summed E-state index contributed by atoms with van der Waals surface area (Å²) in [6.45, 7) is 10.4. The predicted octanol–water partition coefficient (Wildman–Crippen LogP) is 1.01. The van der Waals surface area contributed by atoms with Crippen LogP contribution in [0.4, 0.5) is 0 Å². The summed E-state index contributed by atoms with van der Waals surface area (Å²) < 4.78 is 5.47. The summed E-state index contributed by atoms with van der Waals surface area (Å²) >= 11 is 0. The molecule has 1 rings (SSSR count). The highest BCUT2D eigenvalue weighted by atomic mass is 16.5. The fourth-order valence-electron chi connectivity index (χ4n) is 2.15. The summed E-state index contributed by atoms with van der Waals surface area (Å²) in [5, 5.41) is 3.36. The molecule has 1 aliphatic heterocycles. The van der Waals surface area contributed by atoms with E-state index >= 15 is 0 Å². The summed E-state index contributed by atoms with van der Waals surface area (Å²) in [7, 11) is 0. The van der Waals surface area contributed by atoms with Crippen LogP contribution in [0.15, 0.2) is 0 Å². The number of nitrogens with zero attached hydrogens (tertiary/aromatic N) is 1. The van der Waals surface area contributed by atoms with Crippen molar-refractivity contribution in [2.45, 2.75) is 52.3 Å². The third-order valence-corrected chi connectivity index (χ3v) is 3.29. The van der Waals surface area contributed by atoms with Gasteiger partial charge in [-0.05, 0) is 34.1 Å². The second-order valence-corrected chi connectivity index (χ2v) is 4.37. The Morgan fingerprint density at radius 2 is 2.12 bits per heavy atom. The van der Waals surface area contributed by atoms with E-state index in [0.717, 1.165) is 26.1 Å². The van der Waals surface area contributed by atoms with Gasteiger partial charge in [0.15, 0.2) is 0 Å². The van der Waals surface area contributed by atoms with Gasteiger partial charge in [-0.15, -0.1) is 0 Å². The molecule has 1 heterocycles. The highest BCUT2D eigenvalue weighted by Crippen LogP contribution is 2.13. The monoisotopic (exact) mass is 228 g/mol. The molecule has 0 aromatic heterocycles. The van der Waals surface area contributed by atoms with Gasteiger partial charge in [0.2, 0.25) is 5.91 Å². The topological polar surface area (TPSA) is 41.6 Å². The minimum atomic E-state index is -0.117. The van der Waals surface area contributed by atoms with E-state index in [1.165, 1.54) is 0 Å². The van der Waals surface area contributed by atoms with Crippen LogP contribution in [0.1, 0.15) is 34.1 Å². The molecule has 94 valence electrons. The van der Waals surface area contributed by atoms with Gasteiger partial charge in [0.1, 0.15) is 0 Å². The lowest BCUT2D eigenvalue weighted by Gasteiger charge is -2.26. The van der Waals surface area contributed by atoms with Crippen LogP contribution in [0, 0.1) is 0 Å². The minimum Gasteiger partial charge on any atom is -0.377 e. The molecule has 3 unspecified atom stereocenters. The van der Waals surface area contributed by atoms with Gasteiger partial charge in [-0.25, -0.2) is 0 Å². The zero-order valence-corrected chi connectivity index (χ0v) is 10.8. The highest BCUT2D eigenvalue weighted by Gasteiger charge is 2.28. The van der Waals surface area contributed by atoms with Gasteiger partial charge in [-0.1, -0.05) is 0 Å². The van der Waals surface area contributed by atoms with Gasteiger partial charge in [-0.2, -0.15) is 0 Å². The number of rotatable bonds is 5. The van der Waals surface area contributed by atoms with Crippen LogP contribution in [0.2, 0.25) is 0 Å². The van der Waals surface area contributed by atoms with Crippen molar-refractivity contribution >= 4 is 5.91 Å². The number of nitrogens with one attached hydrogen (secondary N) is 1. The molecule has 0 aliphatic carbocycles. The Morgan fingerprint density at radius 3 is 2.56 bits per heavy atom. The molecule has 0 aromatic carbocycles. The second-order valence-electron chi connectivity index (χ2n) is 4.37. The third kappa shape index (κ3) is 3.19. The minimum absolute atomic E-state index is 0.117. The van der Waals surface area contributed by atoms with Gasteiger partial charge < -0.3 is 15.0 Å². The second kappa shape index (κ2) is 6.21. The van der Waals surface area contributed by atoms with Crippen LogP contribution >= 0.6 is 0 Å². The van der Waals surface area contributed by atoms with E-state index in [1.54, 1.807) is 0 Å². The summed E-state index contributed by atoms with van der Waals surface area (Å²) in [6, 6.07) is 0.198. The van der Waals surface area contributed by atoms with E-state index in [0.29, 0.717) is 6.04 Å². The van der Waals surface area contributed by atoms with Crippen molar-refractivity contribution in [3.63, 3.8) is 0 Å². The molecule has 16 heavy (non-hydrogen) atoms. The Morgan fingerprint density at radius 1 is 1.50 bits per heavy atom. The number of likely N-dealkylation sites (N-methyl/N-ethyl adjacent to an activating group) is 1. The Hall–Kier alpha value is -0.610. The Labute approximate surface area is 98.3 Å². The summed E-state index contributed by atoms with van der Waals surface area (Å²) in [4.78, 5) is 13.9. The maximum atomic E-state index is 12.0. The summed E-state index contributed by atoms with van der Waals surface area (Å²) in [5.41, 5.74) is 0. The molecular formula is C12H24N2O2. The van der Waals surface area contributed by atoms with Crippen molar-refractivity contribution < 1.29 is 9.53 Å². The van der Waals surface area contributed by atoms with Crippen LogP contribution < -0.4 is 5.32 Å². The maximum Gasteiger partial charge on any atom is 0.239 e. The SMILES string of the molecule is CCN(CC)C(=O)C(C)NC1CCOC1C. The molecule has 1 N–H and O–H groups in total. The van der Waals surface area contributed by atoms with E-state index in [2.05, 4.69) is 12.2 Å². The van der Waals surface area contributed by atoms with Crippen molar-refractivity contribution in [1.29, 1.82) is 0 Å². The number of carbonyl (C=O) groups is 1. The molecule has 0 radical (unpaired) electrons. The number of carbonyl (C=O) groups excluding carboxylic acids is 1. The maximum absolute atomic E-state index is 12.0. The standard InChI is InChI=1S/C12H24N2O2/c1-5-14(6-2)12(15)9(3)13-11-7-8-16-10(11)4/h9-11,13H,5-8H2,1-4H3. The predicted molar refractivity (Wildman–Crippen MR) is 64.3 cm³/mol. The molecule has 0 aromatic rings. The average Bonchev–Trinajstić information content (AvgIpc) is 2.66. The van der Waals surface area contributed by atoms with Crippen molar-refractivity contribution in [3.05, 3.63) is 0 Å². The van der Waals surface area contributed by atoms with Crippen molar-refractivity contribution in [2.24, 2.45) is 0 Å². The van der Waals surface area contributed by atoms with E-state index < -0.39 is 0 Å². The van der Waals surface area contributed by atoms with Crippen molar-refractivity contribution in [2.75, 3.05) is 19.7 Å². The molecule has 1 aliphatic rings. The largest absolute Gasteiger partial charge is 0.377 e. The molecule has 1 saturated heterocycles. The van der Waals surface area contributed by atoms with Crippen LogP contribution in [0.3, 0.4) is 0 Å². The first-order valence-corrected chi connectivity index (χ1v) is 6.26. The summed E-state index contributed by atoms with van der Waals surface area (Å²) in [6.07, 6.45) is 1.21. The first kappa shape index (κ1) is 13.5. The van der Waals surface area contributed by atoms with E-state index in [-0.39, 0.29) is 18.1 Å². The fraction of sp³-hybridized carbons (Fsp3) is 0.917. The third-order valence-electron chi connectivity index (χ3n) is 3.29. The first-order valence-electron chi connectivity index (χ1n) is 6.26. The van der Waals surface area contributed by atoms with Gasteiger partial charge >= 0.3 is 0 Å². The van der Waals surface area contributed by atoms with Gasteiger partial charge in [-0.3, -0.25) is 4.79 Å². The number of ether oxygens (including phenoxy) is 1. The van der Waals surface area contributed by atoms with E-state index in [1.807, 2.05) is 25.7 Å². The van der Waals surface area contributed by atoms with Crippen LogP contribution in [0.25, 0.3) is 0 Å². The van der Waals surface area contributed by atoms with Crippen LogP contribution in [0.5, 0.6) is 0 Å². The first-order chi connectivity index (χ1) is 7.60. The summed E-state index contributed by atoms with van der Waals surface area (Å²) in [5.74, 6) is 0.184. The molecule has 1 fully saturated rings. The Bertz CT molecular complexity index is 229. The van der Waals surface area contributed by atoms with Crippen LogP contribution in [-0.2, 0) is 9.53 Å². The Balaban J connectivity index is 2.44. The van der Waals surface area contributed by atoms with Crippen molar-refractivity contribution in [1.82, 2.24) is 10.2 Å². The smallest absolute Gasteiger partial charge is 0.239 e. The number of hydrogen-bond donors (Lipinski definition) is 1. The van der Waals surface area contributed by atoms with Gasteiger partial charge in [0.25, 0.3) is 0 Å². The van der Waals surface area contributed by atoms with E-state index in [4.69, 9.17) is 4.74 Å². The lowest BCUT2D eigenvalue weighted by Crippen LogP contribution is -2.50. The zero-order chi connectivity index (χ0) is 12.1. The van der Waals surface area contributed by atoms with Gasteiger partial charge in [0.05, 0.1) is 12.1 Å². The Kier molecular flexibility index (Phi) is 5.22. The normalized spacial score (nSPS) is 26.8. The average molecular weight is 228 g/mol. The molecule has 1 amide bonds. The zero-order valence-electron chi connectivity index (χ0n) is 10.8. The molecule has 4 nitrogen and oxygen atoms in total. The fourth-order valence-corrected chi connectivity index (χ4v) is 2.15. The quantitative estimate of drug-likeness (QED) is 0.763. The molecule has 0 spiro atoms. The van der Waals surface area contributed by atoms with Crippen molar-refractivity contribution in [3.8, 4) is 0 Å². The number of hydrogen-bond acceptors (Lipinski definition) is 3. The number of amides is 1. The molecule has 0 bridgehead atoms. The van der Waals surface area contributed by atoms with E-state index in [9.17, 15) is 4.79 Å². The van der Waals surface area contributed by atoms with Gasteiger partial charge in [0, 0.05) is 25.7 Å². The highest BCUT2D eigenvalue weighted by molar-refractivity contribution is 5.81. The molecular weight excluding hydrogens is 204 g/mol. The molecule has 0 saturated carbocycles. The van der Waals surface area contributed by atoms with Crippen LogP contribution in [-0.4, -0.2) is 48.7 Å². The molecule has 3 atom stereocenters. The lowest BCUT2D eigenvalue weighted by atomic mass is 10.1. The lowest BCUT2D eigenvalue weighted by molar-refractivity contribution is -0.132.